The van der Waals surface area contributed by atoms with Crippen LogP contribution in [0.2, 0.25) is 0 Å². The molecular formula is C22H24FN3O3. The number of aromatic nitrogens is 2. The molecule has 3 aromatic rings. The number of benzene rings is 2. The van der Waals surface area contributed by atoms with Gasteiger partial charge in [0, 0.05) is 11.3 Å². The van der Waals surface area contributed by atoms with Gasteiger partial charge in [0.05, 0.1) is 25.0 Å². The highest BCUT2D eigenvalue weighted by Crippen LogP contribution is 2.21. The van der Waals surface area contributed by atoms with Crippen molar-refractivity contribution >= 4 is 5.91 Å². The topological polar surface area (TPSA) is 65.4 Å². The zero-order valence-electron chi connectivity index (χ0n) is 16.8. The zero-order chi connectivity index (χ0) is 21.0. The van der Waals surface area contributed by atoms with E-state index in [0.29, 0.717) is 5.75 Å². The smallest absolute Gasteiger partial charge is 0.261 e. The molecular weight excluding hydrogens is 373 g/mol. The van der Waals surface area contributed by atoms with Crippen LogP contribution in [0.3, 0.4) is 0 Å². The summed E-state index contributed by atoms with van der Waals surface area (Å²) >= 11 is 0. The van der Waals surface area contributed by atoms with Gasteiger partial charge < -0.3 is 14.8 Å². The molecule has 0 radical (unpaired) electrons. The van der Waals surface area contributed by atoms with E-state index < -0.39 is 6.10 Å². The van der Waals surface area contributed by atoms with E-state index in [1.54, 1.807) is 61.3 Å². The maximum Gasteiger partial charge on any atom is 0.261 e. The van der Waals surface area contributed by atoms with E-state index in [2.05, 4.69) is 10.4 Å². The predicted octanol–water partition coefficient (Wildman–Crippen LogP) is 3.97. The first-order chi connectivity index (χ1) is 13.9. The number of carbonyl (C=O) groups excluding carboxylic acids is 1. The predicted molar refractivity (Wildman–Crippen MR) is 108 cm³/mol. The maximum atomic E-state index is 13.2. The maximum absolute atomic E-state index is 13.2. The Bertz CT molecular complexity index is 968. The molecule has 6 nitrogen and oxygen atoms in total. The molecule has 152 valence electrons. The van der Waals surface area contributed by atoms with Gasteiger partial charge >= 0.3 is 0 Å². The molecule has 0 aliphatic carbocycles. The quantitative estimate of drug-likeness (QED) is 0.655. The van der Waals surface area contributed by atoms with Gasteiger partial charge in [-0.2, -0.15) is 5.10 Å². The first-order valence-corrected chi connectivity index (χ1v) is 9.30. The van der Waals surface area contributed by atoms with Crippen LogP contribution in [-0.2, 0) is 4.79 Å². The van der Waals surface area contributed by atoms with E-state index >= 15 is 0 Å². The fraction of sp³-hybridized carbons (Fsp3) is 0.273. The molecule has 0 spiro atoms. The van der Waals surface area contributed by atoms with Gasteiger partial charge in [-0.15, -0.1) is 0 Å². The van der Waals surface area contributed by atoms with Crippen LogP contribution in [0.4, 0.5) is 4.39 Å². The summed E-state index contributed by atoms with van der Waals surface area (Å²) in [5.41, 5.74) is 2.50. The molecule has 1 N–H and O–H groups in total. The number of halogens is 1. The van der Waals surface area contributed by atoms with E-state index in [0.717, 1.165) is 22.7 Å². The fourth-order valence-corrected chi connectivity index (χ4v) is 3.01. The highest BCUT2D eigenvalue weighted by molar-refractivity contribution is 5.81. The van der Waals surface area contributed by atoms with Crippen LogP contribution in [0, 0.1) is 12.7 Å². The summed E-state index contributed by atoms with van der Waals surface area (Å²) in [6.45, 7) is 5.49. The Balaban J connectivity index is 1.65. The van der Waals surface area contributed by atoms with Gasteiger partial charge in [0.2, 0.25) is 0 Å². The molecule has 2 aromatic carbocycles. The number of methoxy groups -OCH3 is 1. The van der Waals surface area contributed by atoms with Crippen molar-refractivity contribution in [1.82, 2.24) is 15.1 Å². The van der Waals surface area contributed by atoms with Gasteiger partial charge in [0.25, 0.3) is 5.91 Å². The van der Waals surface area contributed by atoms with Crippen LogP contribution in [0.1, 0.15) is 31.1 Å². The highest BCUT2D eigenvalue weighted by Gasteiger charge is 2.20. The third-order valence-corrected chi connectivity index (χ3v) is 4.69. The van der Waals surface area contributed by atoms with Crippen molar-refractivity contribution in [2.75, 3.05) is 7.11 Å². The summed E-state index contributed by atoms with van der Waals surface area (Å²) in [5.74, 6) is 0.769. The van der Waals surface area contributed by atoms with E-state index in [1.165, 1.54) is 12.1 Å². The van der Waals surface area contributed by atoms with Crippen molar-refractivity contribution in [2.45, 2.75) is 32.9 Å². The summed E-state index contributed by atoms with van der Waals surface area (Å²) in [6.07, 6.45) is 1.04. The van der Waals surface area contributed by atoms with Crippen molar-refractivity contribution in [3.05, 3.63) is 71.8 Å². The lowest BCUT2D eigenvalue weighted by molar-refractivity contribution is -0.127. The van der Waals surface area contributed by atoms with Gasteiger partial charge in [-0.25, -0.2) is 9.07 Å². The monoisotopic (exact) mass is 397 g/mol. The molecule has 0 aliphatic heterocycles. The molecule has 2 atom stereocenters. The number of nitrogens with zero attached hydrogens (tertiary/aromatic N) is 2. The molecule has 0 saturated heterocycles. The number of nitrogens with one attached hydrogen (secondary N) is 1. The first-order valence-electron chi connectivity index (χ1n) is 9.30. The summed E-state index contributed by atoms with van der Waals surface area (Å²) < 4.78 is 25.7. The van der Waals surface area contributed by atoms with Crippen molar-refractivity contribution in [3.8, 4) is 17.2 Å². The Morgan fingerprint density at radius 1 is 1.07 bits per heavy atom. The van der Waals surface area contributed by atoms with Crippen LogP contribution in [0.15, 0.2) is 54.7 Å². The standard InChI is InChI=1S/C22H24FN3O3/c1-14(21-13-24-26(15(21)2)18-7-5-17(23)6-8-18)25-22(27)16(3)29-20-11-9-19(28-4)10-12-20/h5-14,16H,1-4H3,(H,25,27). The highest BCUT2D eigenvalue weighted by atomic mass is 19.1. The third-order valence-electron chi connectivity index (χ3n) is 4.69. The van der Waals surface area contributed by atoms with Crippen molar-refractivity contribution < 1.29 is 18.7 Å². The molecule has 0 saturated carbocycles. The van der Waals surface area contributed by atoms with Gasteiger partial charge in [0.15, 0.2) is 6.10 Å². The van der Waals surface area contributed by atoms with Crippen molar-refractivity contribution in [3.63, 3.8) is 0 Å². The lowest BCUT2D eigenvalue weighted by Gasteiger charge is -2.19. The van der Waals surface area contributed by atoms with E-state index in [9.17, 15) is 9.18 Å². The normalized spacial score (nSPS) is 12.9. The molecule has 0 fully saturated rings. The first kappa shape index (κ1) is 20.4. The molecule has 3 rings (SSSR count). The average molecular weight is 397 g/mol. The Labute approximate surface area is 169 Å². The lowest BCUT2D eigenvalue weighted by atomic mass is 10.1. The summed E-state index contributed by atoms with van der Waals surface area (Å²) in [7, 11) is 1.59. The molecule has 29 heavy (non-hydrogen) atoms. The van der Waals surface area contributed by atoms with Crippen LogP contribution < -0.4 is 14.8 Å². The largest absolute Gasteiger partial charge is 0.497 e. The van der Waals surface area contributed by atoms with Gasteiger partial charge in [-0.1, -0.05) is 0 Å². The van der Waals surface area contributed by atoms with Gasteiger partial charge in [-0.05, 0) is 69.3 Å². The number of hydrogen-bond acceptors (Lipinski definition) is 4. The second-order valence-electron chi connectivity index (χ2n) is 6.74. The third kappa shape index (κ3) is 4.74. The summed E-state index contributed by atoms with van der Waals surface area (Å²) in [6, 6.07) is 12.9. The molecule has 2 unspecified atom stereocenters. The number of amides is 1. The zero-order valence-corrected chi connectivity index (χ0v) is 16.8. The van der Waals surface area contributed by atoms with Crippen LogP contribution in [-0.4, -0.2) is 28.9 Å². The molecule has 1 amide bonds. The molecule has 7 heteroatoms. The number of rotatable bonds is 7. The minimum absolute atomic E-state index is 0.234. The molecule has 0 aliphatic rings. The molecule has 0 bridgehead atoms. The SMILES string of the molecule is COc1ccc(OC(C)C(=O)NC(C)c2cnn(-c3ccc(F)cc3)c2C)cc1. The Kier molecular flexibility index (Phi) is 6.16. The van der Waals surface area contributed by atoms with Gasteiger partial charge in [-0.3, -0.25) is 4.79 Å². The van der Waals surface area contributed by atoms with E-state index in [-0.39, 0.29) is 17.8 Å². The van der Waals surface area contributed by atoms with Crippen molar-refractivity contribution in [2.24, 2.45) is 0 Å². The fourth-order valence-electron chi connectivity index (χ4n) is 3.01. The minimum Gasteiger partial charge on any atom is -0.497 e. The molecule has 1 aromatic heterocycles. The second kappa shape index (κ2) is 8.77. The van der Waals surface area contributed by atoms with Crippen molar-refractivity contribution in [1.29, 1.82) is 0 Å². The molecule has 1 heterocycles. The van der Waals surface area contributed by atoms with Gasteiger partial charge in [0.1, 0.15) is 17.3 Å². The number of carbonyl (C=O) groups is 1. The van der Waals surface area contributed by atoms with Crippen LogP contribution in [0.25, 0.3) is 5.69 Å². The Morgan fingerprint density at radius 2 is 1.69 bits per heavy atom. The summed E-state index contributed by atoms with van der Waals surface area (Å²) in [5, 5.41) is 7.32. The Morgan fingerprint density at radius 3 is 2.31 bits per heavy atom. The number of hydrogen-bond donors (Lipinski definition) is 1. The van der Waals surface area contributed by atoms with E-state index in [4.69, 9.17) is 9.47 Å². The summed E-state index contributed by atoms with van der Waals surface area (Å²) in [4.78, 5) is 12.6. The minimum atomic E-state index is -0.668. The lowest BCUT2D eigenvalue weighted by Crippen LogP contribution is -2.37. The average Bonchev–Trinajstić information content (AvgIpc) is 3.10. The van der Waals surface area contributed by atoms with Crippen LogP contribution >= 0.6 is 0 Å². The second-order valence-corrected chi connectivity index (χ2v) is 6.74. The van der Waals surface area contributed by atoms with E-state index in [1.807, 2.05) is 13.8 Å². The number of ether oxygens (including phenoxy) is 2. The Hall–Kier alpha value is -3.35. The van der Waals surface area contributed by atoms with Crippen LogP contribution in [0.5, 0.6) is 11.5 Å².